The van der Waals surface area contributed by atoms with Gasteiger partial charge in [-0.3, -0.25) is 0 Å². The molecule has 4 heteroatoms. The molecular formula is C14H13F3Se. The van der Waals surface area contributed by atoms with E-state index < -0.39 is 19.0 Å². The van der Waals surface area contributed by atoms with Gasteiger partial charge < -0.3 is 0 Å². The van der Waals surface area contributed by atoms with Gasteiger partial charge in [0.05, 0.1) is 0 Å². The van der Waals surface area contributed by atoms with E-state index in [1.807, 2.05) is 6.07 Å². The van der Waals surface area contributed by atoms with E-state index in [4.69, 9.17) is 0 Å². The number of benzene rings is 2. The molecule has 2 aromatic rings. The molecule has 0 saturated carbocycles. The first kappa shape index (κ1) is 13.2. The van der Waals surface area contributed by atoms with Crippen molar-refractivity contribution in [1.29, 1.82) is 0 Å². The Kier molecular flexibility index (Phi) is 4.10. The van der Waals surface area contributed by atoms with E-state index in [0.717, 1.165) is 5.56 Å². The zero-order chi connectivity index (χ0) is 13.0. The monoisotopic (exact) mass is 318 g/mol. The maximum absolute atomic E-state index is 13.2. The molecular weight excluding hydrogens is 304 g/mol. The summed E-state index contributed by atoms with van der Waals surface area (Å²) in [6.07, 6.45) is 0. The van der Waals surface area contributed by atoms with Gasteiger partial charge in [0.25, 0.3) is 0 Å². The first-order chi connectivity index (χ1) is 8.57. The second-order valence-electron chi connectivity index (χ2n) is 3.88. The van der Waals surface area contributed by atoms with Crippen LogP contribution in [0.25, 0.3) is 0 Å². The Morgan fingerprint density at radius 2 is 1.28 bits per heavy atom. The molecule has 0 heterocycles. The number of hydrogen-bond donors (Lipinski definition) is 0. The first-order valence-corrected chi connectivity index (χ1v) is 8.71. The van der Waals surface area contributed by atoms with E-state index in [-0.39, 0.29) is 5.32 Å². The summed E-state index contributed by atoms with van der Waals surface area (Å²) in [6, 6.07) is 17.2. The van der Waals surface area contributed by atoms with Crippen molar-refractivity contribution in [3.63, 3.8) is 0 Å². The van der Waals surface area contributed by atoms with Crippen molar-refractivity contribution >= 4 is 18.4 Å². The Bertz CT molecular complexity index is 479. The van der Waals surface area contributed by atoms with Crippen LogP contribution in [0.4, 0.5) is 13.2 Å². The van der Waals surface area contributed by atoms with Crippen LogP contribution in [0.15, 0.2) is 60.7 Å². The topological polar surface area (TPSA) is 0 Å². The van der Waals surface area contributed by atoms with Crippen molar-refractivity contribution in [1.82, 2.24) is 0 Å². The summed E-state index contributed by atoms with van der Waals surface area (Å²) >= 11 is -3.09. The SMILES string of the molecule is FC(F)(F)[SeH](Cc1ccccc1)c1ccccc1. The van der Waals surface area contributed by atoms with Gasteiger partial charge in [-0.1, -0.05) is 0 Å². The third-order valence-electron chi connectivity index (χ3n) is 2.56. The molecule has 0 N–H and O–H groups in total. The molecule has 0 nitrogen and oxygen atoms in total. The molecule has 1 unspecified atom stereocenters. The van der Waals surface area contributed by atoms with Crippen molar-refractivity contribution in [3.05, 3.63) is 66.2 Å². The maximum atomic E-state index is 13.2. The fourth-order valence-corrected chi connectivity index (χ4v) is 5.40. The van der Waals surface area contributed by atoms with Gasteiger partial charge in [-0.25, -0.2) is 0 Å². The van der Waals surface area contributed by atoms with Crippen LogP contribution in [-0.2, 0) is 5.32 Å². The van der Waals surface area contributed by atoms with Gasteiger partial charge in [-0.05, 0) is 0 Å². The third kappa shape index (κ3) is 3.37. The summed E-state index contributed by atoms with van der Waals surface area (Å²) in [5, 5.41) is -3.95. The van der Waals surface area contributed by atoms with Gasteiger partial charge in [0.1, 0.15) is 0 Å². The quantitative estimate of drug-likeness (QED) is 0.764. The second-order valence-corrected chi connectivity index (χ2v) is 8.48. The van der Waals surface area contributed by atoms with E-state index in [0.29, 0.717) is 4.46 Å². The van der Waals surface area contributed by atoms with E-state index >= 15 is 0 Å². The second kappa shape index (κ2) is 5.59. The van der Waals surface area contributed by atoms with Crippen LogP contribution < -0.4 is 4.46 Å². The predicted octanol–water partition coefficient (Wildman–Crippen LogP) is 3.00. The minimum absolute atomic E-state index is 0.126. The van der Waals surface area contributed by atoms with Gasteiger partial charge in [0, 0.05) is 0 Å². The fraction of sp³-hybridized carbons (Fsp3) is 0.143. The number of hydrogen-bond acceptors (Lipinski definition) is 0. The Morgan fingerprint density at radius 3 is 1.78 bits per heavy atom. The Balaban J connectivity index is 2.28. The molecule has 2 rings (SSSR count). The minimum atomic E-state index is -4.08. The van der Waals surface area contributed by atoms with Crippen LogP contribution >= 0.6 is 0 Å². The van der Waals surface area contributed by atoms with E-state index in [9.17, 15) is 13.2 Å². The van der Waals surface area contributed by atoms with Gasteiger partial charge >= 0.3 is 108 Å². The standard InChI is InChI=1S/C14H13F3Se/c15-14(16,17)18(13-9-5-2-6-10-13)11-12-7-3-1-4-8-12/h1-10,18H,11H2. The van der Waals surface area contributed by atoms with Gasteiger partial charge in [0.2, 0.25) is 0 Å². The van der Waals surface area contributed by atoms with Crippen molar-refractivity contribution in [3.8, 4) is 0 Å². The molecule has 0 fully saturated rings. The summed E-state index contributed by atoms with van der Waals surface area (Å²) in [5.41, 5.74) is 0.763. The van der Waals surface area contributed by atoms with E-state index in [2.05, 4.69) is 0 Å². The van der Waals surface area contributed by atoms with Crippen LogP contribution in [0.3, 0.4) is 0 Å². The summed E-state index contributed by atoms with van der Waals surface area (Å²) in [5.74, 6) is 0. The van der Waals surface area contributed by atoms with E-state index in [1.165, 1.54) is 0 Å². The molecule has 2 aromatic carbocycles. The molecule has 0 aromatic heterocycles. The molecule has 1 atom stereocenters. The Labute approximate surface area is 108 Å². The van der Waals surface area contributed by atoms with Crippen molar-refractivity contribution in [2.24, 2.45) is 0 Å². The summed E-state index contributed by atoms with van der Waals surface area (Å²) in [7, 11) is 0. The number of alkyl halides is 3. The zero-order valence-electron chi connectivity index (χ0n) is 9.56. The van der Waals surface area contributed by atoms with E-state index in [1.54, 1.807) is 54.6 Å². The molecule has 0 aliphatic rings. The number of rotatable bonds is 3. The molecule has 0 radical (unpaired) electrons. The van der Waals surface area contributed by atoms with Crippen LogP contribution in [0.5, 0.6) is 0 Å². The molecule has 0 spiro atoms. The summed E-state index contributed by atoms with van der Waals surface area (Å²) in [4.78, 5) is 0. The average Bonchev–Trinajstić information content (AvgIpc) is 2.37. The molecule has 0 aliphatic heterocycles. The van der Waals surface area contributed by atoms with Gasteiger partial charge in [-0.15, -0.1) is 0 Å². The summed E-state index contributed by atoms with van der Waals surface area (Å²) < 4.78 is 39.9. The zero-order valence-corrected chi connectivity index (χ0v) is 11.4. The predicted molar refractivity (Wildman–Crippen MR) is 69.4 cm³/mol. The number of halogens is 3. The van der Waals surface area contributed by atoms with Gasteiger partial charge in [0.15, 0.2) is 0 Å². The average molecular weight is 317 g/mol. The summed E-state index contributed by atoms with van der Waals surface area (Å²) in [6.45, 7) is 0. The van der Waals surface area contributed by atoms with Crippen molar-refractivity contribution < 1.29 is 13.2 Å². The fourth-order valence-electron chi connectivity index (χ4n) is 1.70. The van der Waals surface area contributed by atoms with Gasteiger partial charge in [-0.2, -0.15) is 0 Å². The molecule has 0 amide bonds. The van der Waals surface area contributed by atoms with Crippen LogP contribution in [0.2, 0.25) is 0 Å². The van der Waals surface area contributed by atoms with Crippen LogP contribution in [-0.4, -0.2) is 19.0 Å². The normalized spacial score (nSPS) is 14.3. The Hall–Kier alpha value is -1.25. The molecule has 0 bridgehead atoms. The van der Waals surface area contributed by atoms with Crippen LogP contribution in [0.1, 0.15) is 5.56 Å². The van der Waals surface area contributed by atoms with Crippen LogP contribution in [0, 0.1) is 0 Å². The molecule has 96 valence electrons. The molecule has 0 aliphatic carbocycles. The first-order valence-electron chi connectivity index (χ1n) is 5.51. The third-order valence-corrected chi connectivity index (χ3v) is 7.20. The van der Waals surface area contributed by atoms with Crippen molar-refractivity contribution in [2.45, 2.75) is 10.4 Å². The molecule has 0 saturated heterocycles. The molecule has 18 heavy (non-hydrogen) atoms. The Morgan fingerprint density at radius 1 is 0.778 bits per heavy atom. The van der Waals surface area contributed by atoms with Crippen molar-refractivity contribution in [2.75, 3.05) is 0 Å².